The molecule has 8 heteroatoms. The molecule has 1 fully saturated rings. The van der Waals surface area contributed by atoms with Gasteiger partial charge in [-0.25, -0.2) is 13.1 Å². The number of anilines is 1. The van der Waals surface area contributed by atoms with Crippen LogP contribution in [0.5, 0.6) is 5.75 Å². The van der Waals surface area contributed by atoms with E-state index in [0.29, 0.717) is 23.6 Å². The molecular weight excluding hydrogens is 330 g/mol. The number of carbonyl (C=O) groups is 1. The molecule has 7 nitrogen and oxygen atoms in total. The summed E-state index contributed by atoms with van der Waals surface area (Å²) in [5.74, 6) is 1.00. The van der Waals surface area contributed by atoms with Gasteiger partial charge in [0.1, 0.15) is 11.6 Å². The lowest BCUT2D eigenvalue weighted by atomic mass is 10.2. The van der Waals surface area contributed by atoms with Gasteiger partial charge in [0.15, 0.2) is 9.84 Å². The first-order valence-electron chi connectivity index (χ1n) is 7.60. The maximum absolute atomic E-state index is 12.5. The molecule has 0 saturated carbocycles. The Bertz CT molecular complexity index is 873. The van der Waals surface area contributed by atoms with Crippen molar-refractivity contribution in [3.8, 4) is 5.75 Å². The first kappa shape index (κ1) is 16.5. The molecule has 128 valence electrons. The van der Waals surface area contributed by atoms with Crippen LogP contribution in [0.3, 0.4) is 0 Å². The van der Waals surface area contributed by atoms with Gasteiger partial charge in [-0.15, -0.1) is 0 Å². The molecule has 1 N–H and O–H groups in total. The van der Waals surface area contributed by atoms with Gasteiger partial charge in [-0.2, -0.15) is 5.10 Å². The Balaban J connectivity index is 1.84. The van der Waals surface area contributed by atoms with E-state index in [9.17, 15) is 13.2 Å². The fourth-order valence-corrected chi connectivity index (χ4v) is 4.50. The molecule has 0 aliphatic carbocycles. The lowest BCUT2D eigenvalue weighted by molar-refractivity contribution is 0.102. The zero-order chi connectivity index (χ0) is 17.3. The Kier molecular flexibility index (Phi) is 4.31. The Morgan fingerprint density at radius 2 is 2.17 bits per heavy atom. The quantitative estimate of drug-likeness (QED) is 0.909. The maximum Gasteiger partial charge on any atom is 0.256 e. The molecule has 0 unspecified atom stereocenters. The summed E-state index contributed by atoms with van der Waals surface area (Å²) >= 11 is 0. The Hall–Kier alpha value is -2.35. The van der Waals surface area contributed by atoms with E-state index >= 15 is 0 Å². The molecule has 0 bridgehead atoms. The van der Waals surface area contributed by atoms with Crippen molar-refractivity contribution >= 4 is 21.6 Å². The number of aryl methyl sites for hydroxylation is 1. The van der Waals surface area contributed by atoms with Crippen LogP contribution in [-0.4, -0.2) is 42.7 Å². The molecular formula is C16H19N3O4S. The number of benzene rings is 1. The molecule has 24 heavy (non-hydrogen) atoms. The van der Waals surface area contributed by atoms with Crippen LogP contribution in [0.4, 0.5) is 5.82 Å². The number of carbonyl (C=O) groups excluding carboxylic acids is 1. The minimum atomic E-state index is -3.03. The average Bonchev–Trinajstić information content (AvgIpc) is 3.09. The smallest absolute Gasteiger partial charge is 0.256 e. The van der Waals surface area contributed by atoms with E-state index in [4.69, 9.17) is 4.74 Å². The number of nitrogens with one attached hydrogen (secondary N) is 1. The van der Waals surface area contributed by atoms with Crippen molar-refractivity contribution in [2.24, 2.45) is 0 Å². The van der Waals surface area contributed by atoms with E-state index in [1.165, 1.54) is 7.11 Å². The fraction of sp³-hybridized carbons (Fsp3) is 0.375. The molecule has 1 saturated heterocycles. The third kappa shape index (κ3) is 3.43. The summed E-state index contributed by atoms with van der Waals surface area (Å²) in [5, 5.41) is 7.17. The number of methoxy groups -OCH3 is 1. The predicted molar refractivity (Wildman–Crippen MR) is 90.2 cm³/mol. The van der Waals surface area contributed by atoms with Gasteiger partial charge in [-0.3, -0.25) is 4.79 Å². The molecule has 1 amide bonds. The van der Waals surface area contributed by atoms with E-state index in [0.717, 1.165) is 5.69 Å². The van der Waals surface area contributed by atoms with Gasteiger partial charge in [0.2, 0.25) is 0 Å². The standard InChI is InChI=1S/C16H19N3O4S/c1-11-8-15(19(18-11)13-6-7-24(21,22)10-13)17-16(20)12-4-3-5-14(9-12)23-2/h3-5,8-9,13H,6-7,10H2,1-2H3,(H,17,20)/t13-/m0/s1. The van der Waals surface area contributed by atoms with Crippen LogP contribution in [0.25, 0.3) is 0 Å². The van der Waals surface area contributed by atoms with Crippen LogP contribution >= 0.6 is 0 Å². The SMILES string of the molecule is COc1cccc(C(=O)Nc2cc(C)nn2[C@H]2CCS(=O)(=O)C2)c1. The second-order valence-electron chi connectivity index (χ2n) is 5.86. The zero-order valence-electron chi connectivity index (χ0n) is 13.5. The van der Waals surface area contributed by atoms with Gasteiger partial charge in [0.05, 0.1) is 30.4 Å². The second kappa shape index (κ2) is 6.27. The van der Waals surface area contributed by atoms with E-state index in [1.807, 2.05) is 0 Å². The van der Waals surface area contributed by atoms with Crippen molar-refractivity contribution in [2.45, 2.75) is 19.4 Å². The molecule has 0 radical (unpaired) electrons. The first-order valence-corrected chi connectivity index (χ1v) is 9.42. The third-order valence-electron chi connectivity index (χ3n) is 3.99. The van der Waals surface area contributed by atoms with Crippen molar-refractivity contribution < 1.29 is 17.9 Å². The Morgan fingerprint density at radius 1 is 1.38 bits per heavy atom. The number of aromatic nitrogens is 2. The Labute approximate surface area is 140 Å². The minimum Gasteiger partial charge on any atom is -0.497 e. The maximum atomic E-state index is 12.5. The highest BCUT2D eigenvalue weighted by molar-refractivity contribution is 7.91. The van der Waals surface area contributed by atoms with Crippen molar-refractivity contribution in [3.63, 3.8) is 0 Å². The summed E-state index contributed by atoms with van der Waals surface area (Å²) in [7, 11) is -1.49. The normalized spacial score (nSPS) is 19.2. The van der Waals surface area contributed by atoms with Gasteiger partial charge in [0, 0.05) is 11.6 Å². The van der Waals surface area contributed by atoms with Crippen molar-refractivity contribution in [1.29, 1.82) is 0 Å². The number of nitrogens with zero attached hydrogens (tertiary/aromatic N) is 2. The molecule has 1 atom stereocenters. The molecule has 0 spiro atoms. The topological polar surface area (TPSA) is 90.3 Å². The van der Waals surface area contributed by atoms with Crippen LogP contribution in [0.2, 0.25) is 0 Å². The monoisotopic (exact) mass is 349 g/mol. The summed E-state index contributed by atoms with van der Waals surface area (Å²) in [6, 6.07) is 8.32. The van der Waals surface area contributed by atoms with Crippen molar-refractivity contribution in [2.75, 3.05) is 23.9 Å². The van der Waals surface area contributed by atoms with E-state index < -0.39 is 9.84 Å². The summed E-state index contributed by atoms with van der Waals surface area (Å²) in [6.45, 7) is 1.81. The predicted octanol–water partition coefficient (Wildman–Crippen LogP) is 1.81. The third-order valence-corrected chi connectivity index (χ3v) is 5.74. The summed E-state index contributed by atoms with van der Waals surface area (Å²) in [6.07, 6.45) is 0.505. The lowest BCUT2D eigenvalue weighted by Crippen LogP contribution is -2.19. The highest BCUT2D eigenvalue weighted by Crippen LogP contribution is 2.27. The van der Waals surface area contributed by atoms with Crippen LogP contribution < -0.4 is 10.1 Å². The number of hydrogen-bond donors (Lipinski definition) is 1. The molecule has 1 aromatic carbocycles. The average molecular weight is 349 g/mol. The molecule has 1 aliphatic heterocycles. The van der Waals surface area contributed by atoms with E-state index in [2.05, 4.69) is 10.4 Å². The number of hydrogen-bond acceptors (Lipinski definition) is 5. The van der Waals surface area contributed by atoms with Gasteiger partial charge < -0.3 is 10.1 Å². The van der Waals surface area contributed by atoms with Crippen LogP contribution in [-0.2, 0) is 9.84 Å². The van der Waals surface area contributed by atoms with Gasteiger partial charge in [-0.05, 0) is 31.5 Å². The largest absolute Gasteiger partial charge is 0.497 e. The van der Waals surface area contributed by atoms with E-state index in [1.54, 1.807) is 41.9 Å². The highest BCUT2D eigenvalue weighted by Gasteiger charge is 2.31. The number of amides is 1. The molecule has 1 aromatic heterocycles. The molecule has 3 rings (SSSR count). The number of rotatable bonds is 4. The zero-order valence-corrected chi connectivity index (χ0v) is 14.3. The number of ether oxygens (including phenoxy) is 1. The Morgan fingerprint density at radius 3 is 2.83 bits per heavy atom. The summed E-state index contributed by atoms with van der Waals surface area (Å²) in [5.41, 5.74) is 1.18. The van der Waals surface area contributed by atoms with Crippen molar-refractivity contribution in [3.05, 3.63) is 41.6 Å². The van der Waals surface area contributed by atoms with Crippen molar-refractivity contribution in [1.82, 2.24) is 9.78 Å². The van der Waals surface area contributed by atoms with Gasteiger partial charge in [-0.1, -0.05) is 6.07 Å². The minimum absolute atomic E-state index is 0.0517. The van der Waals surface area contributed by atoms with Gasteiger partial charge in [0.25, 0.3) is 5.91 Å². The molecule has 2 heterocycles. The summed E-state index contributed by atoms with van der Waals surface area (Å²) < 4.78 is 30.1. The van der Waals surface area contributed by atoms with Gasteiger partial charge >= 0.3 is 0 Å². The number of sulfone groups is 1. The lowest BCUT2D eigenvalue weighted by Gasteiger charge is -2.14. The van der Waals surface area contributed by atoms with E-state index in [-0.39, 0.29) is 23.5 Å². The first-order chi connectivity index (χ1) is 11.4. The second-order valence-corrected chi connectivity index (χ2v) is 8.09. The van der Waals surface area contributed by atoms with Crippen LogP contribution in [0.15, 0.2) is 30.3 Å². The highest BCUT2D eigenvalue weighted by atomic mass is 32.2. The summed E-state index contributed by atoms with van der Waals surface area (Å²) in [4.78, 5) is 12.5. The van der Waals surface area contributed by atoms with Crippen LogP contribution in [0, 0.1) is 6.92 Å². The molecule has 2 aromatic rings. The van der Waals surface area contributed by atoms with Crippen LogP contribution in [0.1, 0.15) is 28.5 Å². The molecule has 1 aliphatic rings. The fourth-order valence-electron chi connectivity index (χ4n) is 2.81.